The Morgan fingerprint density at radius 2 is 1.58 bits per heavy atom. The number of hydrogen-bond acceptors (Lipinski definition) is 2. The van der Waals surface area contributed by atoms with E-state index in [-0.39, 0.29) is 18.2 Å². The Labute approximate surface area is 201 Å². The number of nitrogens with one attached hydrogen (secondary N) is 1. The molecule has 0 fully saturated rings. The molecule has 5 heteroatoms. The largest absolute Gasteiger partial charge is 0.354 e. The summed E-state index contributed by atoms with van der Waals surface area (Å²) >= 11 is 6.34. The van der Waals surface area contributed by atoms with Gasteiger partial charge in [-0.2, -0.15) is 0 Å². The molecule has 0 aliphatic carbocycles. The fourth-order valence-corrected chi connectivity index (χ4v) is 3.92. The molecule has 1 N–H and O–H groups in total. The van der Waals surface area contributed by atoms with Crippen LogP contribution >= 0.6 is 11.6 Å². The summed E-state index contributed by atoms with van der Waals surface area (Å²) in [5.41, 5.74) is 3.89. The molecular formula is C28H31ClN2O2. The molecule has 3 aromatic carbocycles. The van der Waals surface area contributed by atoms with Crippen LogP contribution in [0.25, 0.3) is 0 Å². The smallest absolute Gasteiger partial charge is 0.243 e. The van der Waals surface area contributed by atoms with E-state index in [0.29, 0.717) is 24.5 Å². The summed E-state index contributed by atoms with van der Waals surface area (Å²) in [6.45, 7) is 4.96. The third-order valence-corrected chi connectivity index (χ3v) is 5.96. The van der Waals surface area contributed by atoms with E-state index in [2.05, 4.69) is 5.32 Å². The van der Waals surface area contributed by atoms with Crippen LogP contribution in [0.15, 0.2) is 78.9 Å². The van der Waals surface area contributed by atoms with Crippen molar-refractivity contribution in [3.8, 4) is 0 Å². The zero-order valence-electron chi connectivity index (χ0n) is 19.3. The number of nitrogens with zero attached hydrogens (tertiary/aromatic N) is 1. The Morgan fingerprint density at radius 3 is 2.24 bits per heavy atom. The summed E-state index contributed by atoms with van der Waals surface area (Å²) in [6, 6.07) is 24.6. The molecule has 3 rings (SSSR count). The van der Waals surface area contributed by atoms with Gasteiger partial charge >= 0.3 is 0 Å². The molecule has 0 saturated heterocycles. The van der Waals surface area contributed by atoms with E-state index in [0.717, 1.165) is 28.7 Å². The van der Waals surface area contributed by atoms with Gasteiger partial charge in [0, 0.05) is 24.5 Å². The van der Waals surface area contributed by atoms with Gasteiger partial charge in [0.05, 0.1) is 6.42 Å². The summed E-state index contributed by atoms with van der Waals surface area (Å²) in [7, 11) is 0. The first kappa shape index (κ1) is 24.5. The quantitative estimate of drug-likeness (QED) is 0.441. The van der Waals surface area contributed by atoms with Gasteiger partial charge in [0.25, 0.3) is 0 Å². The molecule has 33 heavy (non-hydrogen) atoms. The number of rotatable bonds is 10. The van der Waals surface area contributed by atoms with E-state index in [9.17, 15) is 9.59 Å². The summed E-state index contributed by atoms with van der Waals surface area (Å²) in [5.74, 6) is -0.267. The van der Waals surface area contributed by atoms with Crippen LogP contribution < -0.4 is 5.32 Å². The van der Waals surface area contributed by atoms with E-state index < -0.39 is 6.04 Å². The van der Waals surface area contributed by atoms with Crippen LogP contribution in [0.1, 0.15) is 35.6 Å². The summed E-state index contributed by atoms with van der Waals surface area (Å²) in [4.78, 5) is 28.6. The molecule has 0 unspecified atom stereocenters. The van der Waals surface area contributed by atoms with Crippen molar-refractivity contribution in [1.29, 1.82) is 0 Å². The van der Waals surface area contributed by atoms with E-state index in [1.54, 1.807) is 11.0 Å². The predicted molar refractivity (Wildman–Crippen MR) is 134 cm³/mol. The van der Waals surface area contributed by atoms with Gasteiger partial charge in [-0.25, -0.2) is 0 Å². The third kappa shape index (κ3) is 7.19. The van der Waals surface area contributed by atoms with Crippen molar-refractivity contribution in [2.24, 2.45) is 0 Å². The van der Waals surface area contributed by atoms with Crippen molar-refractivity contribution < 1.29 is 9.59 Å². The first-order valence-corrected chi connectivity index (χ1v) is 11.8. The SMILES string of the molecule is CCCNC(=O)[C@H](Cc1ccccc1)N(Cc1ccc(C)cc1)C(=O)Cc1ccccc1Cl. The van der Waals surface area contributed by atoms with Crippen LogP contribution in [-0.2, 0) is 29.0 Å². The molecule has 0 radical (unpaired) electrons. The van der Waals surface area contributed by atoms with Crippen molar-refractivity contribution in [3.05, 3.63) is 106 Å². The first-order chi connectivity index (χ1) is 16.0. The summed E-state index contributed by atoms with van der Waals surface area (Å²) < 4.78 is 0. The van der Waals surface area contributed by atoms with Crippen molar-refractivity contribution >= 4 is 23.4 Å². The second-order valence-corrected chi connectivity index (χ2v) is 8.68. The standard InChI is InChI=1S/C28H31ClN2O2/c1-3-17-30-28(33)26(18-22-9-5-4-6-10-22)31(20-23-15-13-21(2)14-16-23)27(32)19-24-11-7-8-12-25(24)29/h4-16,26H,3,17-20H2,1-2H3,(H,30,33)/t26-/m0/s1. The topological polar surface area (TPSA) is 49.4 Å². The van der Waals surface area contributed by atoms with Gasteiger partial charge in [-0.1, -0.05) is 96.9 Å². The maximum atomic E-state index is 13.6. The highest BCUT2D eigenvalue weighted by molar-refractivity contribution is 6.31. The molecular weight excluding hydrogens is 432 g/mol. The van der Waals surface area contributed by atoms with Crippen LogP contribution in [-0.4, -0.2) is 29.3 Å². The number of carbonyl (C=O) groups excluding carboxylic acids is 2. The highest BCUT2D eigenvalue weighted by Gasteiger charge is 2.30. The van der Waals surface area contributed by atoms with Crippen molar-refractivity contribution in [2.45, 2.75) is 45.7 Å². The maximum Gasteiger partial charge on any atom is 0.243 e. The minimum Gasteiger partial charge on any atom is -0.354 e. The van der Waals surface area contributed by atoms with Gasteiger partial charge in [-0.3, -0.25) is 9.59 Å². The monoisotopic (exact) mass is 462 g/mol. The maximum absolute atomic E-state index is 13.6. The lowest BCUT2D eigenvalue weighted by Gasteiger charge is -2.32. The number of benzene rings is 3. The van der Waals surface area contributed by atoms with Crippen LogP contribution in [0.5, 0.6) is 0 Å². The number of hydrogen-bond donors (Lipinski definition) is 1. The molecule has 0 heterocycles. The Kier molecular flexibility index (Phi) is 9.08. The molecule has 0 bridgehead atoms. The zero-order valence-corrected chi connectivity index (χ0v) is 20.0. The lowest BCUT2D eigenvalue weighted by molar-refractivity contribution is -0.140. The molecule has 2 amide bonds. The van der Waals surface area contributed by atoms with E-state index in [4.69, 9.17) is 11.6 Å². The Balaban J connectivity index is 1.95. The highest BCUT2D eigenvalue weighted by Crippen LogP contribution is 2.20. The lowest BCUT2D eigenvalue weighted by atomic mass is 10.0. The number of amides is 2. The normalized spacial score (nSPS) is 11.6. The van der Waals surface area contributed by atoms with E-state index in [1.165, 1.54) is 0 Å². The predicted octanol–water partition coefficient (Wildman–Crippen LogP) is 5.36. The average molecular weight is 463 g/mol. The highest BCUT2D eigenvalue weighted by atomic mass is 35.5. The Hall–Kier alpha value is -3.11. The molecule has 1 atom stereocenters. The number of halogens is 1. The molecule has 0 saturated carbocycles. The third-order valence-electron chi connectivity index (χ3n) is 5.59. The van der Waals surface area contributed by atoms with Crippen molar-refractivity contribution in [1.82, 2.24) is 10.2 Å². The molecule has 3 aromatic rings. The van der Waals surface area contributed by atoms with Crippen LogP contribution in [0.3, 0.4) is 0 Å². The average Bonchev–Trinajstić information content (AvgIpc) is 2.83. The Morgan fingerprint density at radius 1 is 0.909 bits per heavy atom. The second kappa shape index (κ2) is 12.2. The minimum absolute atomic E-state index is 0.128. The van der Waals surface area contributed by atoms with Gasteiger partial charge in [-0.05, 0) is 36.1 Å². The van der Waals surface area contributed by atoms with Crippen molar-refractivity contribution in [2.75, 3.05) is 6.54 Å². The van der Waals surface area contributed by atoms with Crippen molar-refractivity contribution in [3.63, 3.8) is 0 Å². The summed E-state index contributed by atoms with van der Waals surface area (Å²) in [5, 5.41) is 3.55. The Bertz CT molecular complexity index is 1050. The molecule has 0 aromatic heterocycles. The first-order valence-electron chi connectivity index (χ1n) is 11.4. The zero-order chi connectivity index (χ0) is 23.6. The molecule has 0 aliphatic heterocycles. The van der Waals surface area contributed by atoms with Crippen LogP contribution in [0, 0.1) is 6.92 Å². The van der Waals surface area contributed by atoms with Gasteiger partial charge in [0.1, 0.15) is 6.04 Å². The molecule has 4 nitrogen and oxygen atoms in total. The fourth-order valence-electron chi connectivity index (χ4n) is 3.72. The number of carbonyl (C=O) groups is 2. The van der Waals surface area contributed by atoms with Gasteiger partial charge in [0.2, 0.25) is 11.8 Å². The molecule has 0 spiro atoms. The summed E-state index contributed by atoms with van der Waals surface area (Å²) in [6.07, 6.45) is 1.41. The minimum atomic E-state index is -0.629. The van der Waals surface area contributed by atoms with Gasteiger partial charge in [-0.15, -0.1) is 0 Å². The second-order valence-electron chi connectivity index (χ2n) is 8.27. The van der Waals surface area contributed by atoms with Gasteiger partial charge < -0.3 is 10.2 Å². The van der Waals surface area contributed by atoms with E-state index in [1.807, 2.05) is 86.6 Å². The van der Waals surface area contributed by atoms with Crippen LogP contribution in [0.4, 0.5) is 0 Å². The van der Waals surface area contributed by atoms with E-state index >= 15 is 0 Å². The molecule has 0 aliphatic rings. The molecule has 172 valence electrons. The van der Waals surface area contributed by atoms with Gasteiger partial charge in [0.15, 0.2) is 0 Å². The number of aryl methyl sites for hydroxylation is 1. The fraction of sp³-hybridized carbons (Fsp3) is 0.286. The van der Waals surface area contributed by atoms with Crippen LogP contribution in [0.2, 0.25) is 5.02 Å². The lowest BCUT2D eigenvalue weighted by Crippen LogP contribution is -2.51.